The Labute approximate surface area is 150 Å². The first kappa shape index (κ1) is 17.2. The summed E-state index contributed by atoms with van der Waals surface area (Å²) in [7, 11) is 0. The molecule has 0 unspecified atom stereocenters. The van der Waals surface area contributed by atoms with E-state index < -0.39 is 5.97 Å². The number of nitrogens with zero attached hydrogens (tertiary/aromatic N) is 1. The zero-order chi connectivity index (χ0) is 18.0. The van der Waals surface area contributed by atoms with Crippen LogP contribution in [-0.4, -0.2) is 16.1 Å². The first-order chi connectivity index (χ1) is 12.0. The lowest BCUT2D eigenvalue weighted by Crippen LogP contribution is -1.97. The van der Waals surface area contributed by atoms with E-state index in [0.717, 1.165) is 28.2 Å². The first-order valence-corrected chi connectivity index (χ1v) is 8.87. The van der Waals surface area contributed by atoms with Crippen molar-refractivity contribution in [2.24, 2.45) is 0 Å². The molecule has 0 aliphatic heterocycles. The van der Waals surface area contributed by atoms with Gasteiger partial charge in [0.15, 0.2) is 0 Å². The second kappa shape index (κ2) is 7.07. The second-order valence-electron chi connectivity index (χ2n) is 5.90. The molecule has 0 atom stereocenters. The van der Waals surface area contributed by atoms with Crippen LogP contribution in [-0.2, 0) is 6.42 Å². The van der Waals surface area contributed by atoms with E-state index in [9.17, 15) is 9.90 Å². The number of hydrogen-bond acceptors (Lipinski definition) is 4. The van der Waals surface area contributed by atoms with Gasteiger partial charge in [0.1, 0.15) is 21.4 Å². The Morgan fingerprint density at radius 1 is 1.08 bits per heavy atom. The summed E-state index contributed by atoms with van der Waals surface area (Å²) >= 11 is 1.21. The van der Waals surface area contributed by atoms with Gasteiger partial charge < -0.3 is 9.84 Å². The van der Waals surface area contributed by atoms with Crippen molar-refractivity contribution in [2.75, 3.05) is 0 Å². The predicted molar refractivity (Wildman–Crippen MR) is 99.9 cm³/mol. The molecule has 25 heavy (non-hydrogen) atoms. The van der Waals surface area contributed by atoms with E-state index in [1.807, 2.05) is 57.2 Å². The fourth-order valence-electron chi connectivity index (χ4n) is 2.68. The largest absolute Gasteiger partial charge is 0.477 e. The highest BCUT2D eigenvalue weighted by Crippen LogP contribution is 2.31. The number of carbonyl (C=O) groups is 1. The summed E-state index contributed by atoms with van der Waals surface area (Å²) in [5.41, 5.74) is 3.83. The van der Waals surface area contributed by atoms with Gasteiger partial charge in [0.25, 0.3) is 0 Å². The summed E-state index contributed by atoms with van der Waals surface area (Å²) in [5, 5.41) is 9.98. The maximum absolute atomic E-state index is 11.3. The van der Waals surface area contributed by atoms with Gasteiger partial charge in [-0.05, 0) is 67.8 Å². The molecule has 0 bridgehead atoms. The maximum atomic E-state index is 11.3. The van der Waals surface area contributed by atoms with Gasteiger partial charge in [-0.15, -0.1) is 11.3 Å². The molecule has 0 aliphatic carbocycles. The number of aromatic nitrogens is 1. The molecule has 4 nitrogen and oxygen atoms in total. The molecule has 0 spiro atoms. The zero-order valence-corrected chi connectivity index (χ0v) is 15.2. The quantitative estimate of drug-likeness (QED) is 0.660. The number of thiazole rings is 1. The fraction of sp³-hybridized carbons (Fsp3) is 0.200. The number of ether oxygens (including phenoxy) is 1. The van der Waals surface area contributed by atoms with E-state index in [-0.39, 0.29) is 0 Å². The molecule has 0 saturated carbocycles. The van der Waals surface area contributed by atoms with Gasteiger partial charge in [0, 0.05) is 5.56 Å². The van der Waals surface area contributed by atoms with E-state index in [1.54, 1.807) is 0 Å². The average molecular weight is 353 g/mol. The highest BCUT2D eigenvalue weighted by Gasteiger charge is 2.16. The summed E-state index contributed by atoms with van der Waals surface area (Å²) in [4.78, 5) is 16.1. The van der Waals surface area contributed by atoms with E-state index in [0.29, 0.717) is 22.0 Å². The SMILES string of the molecule is CCc1nc(-c2ccc(Oc3cc(C)cc(C)c3)cc2)sc1C(=O)O. The summed E-state index contributed by atoms with van der Waals surface area (Å²) in [6.45, 7) is 5.99. The Kier molecular flexibility index (Phi) is 4.86. The van der Waals surface area contributed by atoms with Crippen LogP contribution in [0.2, 0.25) is 0 Å². The lowest BCUT2D eigenvalue weighted by atomic mass is 10.1. The van der Waals surface area contributed by atoms with Crippen molar-refractivity contribution in [3.63, 3.8) is 0 Å². The van der Waals surface area contributed by atoms with Crippen LogP contribution in [0.4, 0.5) is 0 Å². The first-order valence-electron chi connectivity index (χ1n) is 8.06. The van der Waals surface area contributed by atoms with Crippen molar-refractivity contribution in [2.45, 2.75) is 27.2 Å². The summed E-state index contributed by atoms with van der Waals surface area (Å²) in [6, 6.07) is 13.7. The number of rotatable bonds is 5. The lowest BCUT2D eigenvalue weighted by molar-refractivity contribution is 0.0701. The normalized spacial score (nSPS) is 10.7. The smallest absolute Gasteiger partial charge is 0.347 e. The van der Waals surface area contributed by atoms with Crippen molar-refractivity contribution >= 4 is 17.3 Å². The number of hydrogen-bond donors (Lipinski definition) is 1. The van der Waals surface area contributed by atoms with Crippen LogP contribution < -0.4 is 4.74 Å². The van der Waals surface area contributed by atoms with Gasteiger partial charge in [-0.25, -0.2) is 9.78 Å². The van der Waals surface area contributed by atoms with E-state index in [1.165, 1.54) is 11.3 Å². The third-order valence-corrected chi connectivity index (χ3v) is 4.89. The Morgan fingerprint density at radius 2 is 1.72 bits per heavy atom. The molecule has 2 aromatic carbocycles. The molecule has 1 heterocycles. The van der Waals surface area contributed by atoms with E-state index in [4.69, 9.17) is 4.74 Å². The molecular formula is C20H19NO3S. The lowest BCUT2D eigenvalue weighted by Gasteiger charge is -2.08. The van der Waals surface area contributed by atoms with Crippen LogP contribution in [0.5, 0.6) is 11.5 Å². The minimum absolute atomic E-state index is 0.313. The molecule has 0 aliphatic rings. The third kappa shape index (κ3) is 3.88. The van der Waals surface area contributed by atoms with Crippen molar-refractivity contribution < 1.29 is 14.6 Å². The zero-order valence-electron chi connectivity index (χ0n) is 14.4. The van der Waals surface area contributed by atoms with Crippen LogP contribution >= 0.6 is 11.3 Å². The highest BCUT2D eigenvalue weighted by molar-refractivity contribution is 7.17. The second-order valence-corrected chi connectivity index (χ2v) is 6.90. The Hall–Kier alpha value is -2.66. The summed E-state index contributed by atoms with van der Waals surface area (Å²) in [6.07, 6.45) is 0.603. The molecule has 0 radical (unpaired) electrons. The Morgan fingerprint density at radius 3 is 2.24 bits per heavy atom. The Bertz CT molecular complexity index is 893. The number of benzene rings is 2. The third-order valence-electron chi connectivity index (χ3n) is 3.76. The van der Waals surface area contributed by atoms with Gasteiger partial charge in [-0.2, -0.15) is 0 Å². The van der Waals surface area contributed by atoms with E-state index >= 15 is 0 Å². The van der Waals surface area contributed by atoms with Crippen molar-refractivity contribution in [1.82, 2.24) is 4.98 Å². The standard InChI is InChI=1S/C20H19NO3S/c1-4-17-18(20(22)23)25-19(21-17)14-5-7-15(8-6-14)24-16-10-12(2)9-13(3)11-16/h5-11H,4H2,1-3H3,(H,22,23). The van der Waals surface area contributed by atoms with Crippen LogP contribution in [0.1, 0.15) is 33.4 Å². The van der Waals surface area contributed by atoms with Crippen LogP contribution in [0, 0.1) is 13.8 Å². The topological polar surface area (TPSA) is 59.4 Å². The molecule has 1 aromatic heterocycles. The molecule has 0 fully saturated rings. The number of carboxylic acids is 1. The van der Waals surface area contributed by atoms with Gasteiger partial charge in [-0.1, -0.05) is 13.0 Å². The molecule has 0 amide bonds. The molecule has 0 saturated heterocycles. The van der Waals surface area contributed by atoms with Gasteiger partial charge in [0.05, 0.1) is 5.69 Å². The highest BCUT2D eigenvalue weighted by atomic mass is 32.1. The van der Waals surface area contributed by atoms with Gasteiger partial charge in [0.2, 0.25) is 0 Å². The molecule has 3 rings (SSSR count). The van der Waals surface area contributed by atoms with Crippen LogP contribution in [0.25, 0.3) is 10.6 Å². The van der Waals surface area contributed by atoms with Gasteiger partial charge in [-0.3, -0.25) is 0 Å². The average Bonchev–Trinajstić information content (AvgIpc) is 2.99. The van der Waals surface area contributed by atoms with E-state index in [2.05, 4.69) is 11.1 Å². The number of carboxylic acid groups (broad SMARTS) is 1. The molecule has 5 heteroatoms. The van der Waals surface area contributed by atoms with Crippen molar-refractivity contribution in [3.05, 3.63) is 64.2 Å². The molecular weight excluding hydrogens is 334 g/mol. The molecule has 128 valence electrons. The number of aromatic carboxylic acids is 1. The van der Waals surface area contributed by atoms with Gasteiger partial charge >= 0.3 is 5.97 Å². The minimum atomic E-state index is -0.921. The fourth-order valence-corrected chi connectivity index (χ4v) is 3.67. The minimum Gasteiger partial charge on any atom is -0.477 e. The van der Waals surface area contributed by atoms with Crippen molar-refractivity contribution in [3.8, 4) is 22.1 Å². The van der Waals surface area contributed by atoms with Crippen LogP contribution in [0.15, 0.2) is 42.5 Å². The molecule has 3 aromatic rings. The summed E-state index contributed by atoms with van der Waals surface area (Å²) in [5.74, 6) is 0.621. The maximum Gasteiger partial charge on any atom is 0.347 e. The predicted octanol–water partition coefficient (Wildman–Crippen LogP) is 5.48. The molecule has 1 N–H and O–H groups in total. The van der Waals surface area contributed by atoms with Crippen molar-refractivity contribution in [1.29, 1.82) is 0 Å². The number of aryl methyl sites for hydroxylation is 3. The summed E-state index contributed by atoms with van der Waals surface area (Å²) < 4.78 is 5.91. The van der Waals surface area contributed by atoms with Crippen LogP contribution in [0.3, 0.4) is 0 Å². The Balaban J connectivity index is 1.84. The monoisotopic (exact) mass is 353 g/mol.